The Kier molecular flexibility index (Phi) is 9.93. The fourth-order valence-electron chi connectivity index (χ4n) is 4.57. The molecule has 1 N–H and O–H groups in total. The van der Waals surface area contributed by atoms with Gasteiger partial charge in [-0.2, -0.15) is 13.2 Å². The molecular weight excluding hydrogens is 455 g/mol. The van der Waals surface area contributed by atoms with Crippen molar-refractivity contribution >= 4 is 5.91 Å². The van der Waals surface area contributed by atoms with Gasteiger partial charge in [0, 0.05) is 25.8 Å². The lowest BCUT2D eigenvalue weighted by molar-refractivity contribution is -0.137. The molecule has 0 bridgehead atoms. The molecule has 3 rings (SSSR count). The number of benzene rings is 1. The third-order valence-electron chi connectivity index (χ3n) is 6.59. The molecule has 0 fully saturated rings. The molecule has 0 spiro atoms. The first-order valence-corrected chi connectivity index (χ1v) is 12.8. The van der Waals surface area contributed by atoms with E-state index in [9.17, 15) is 22.8 Å². The number of H-pyrrole nitrogens is 1. The van der Waals surface area contributed by atoms with E-state index in [1.54, 1.807) is 11.0 Å². The Labute approximate surface area is 205 Å². The average molecular weight is 492 g/mol. The molecule has 0 atom stereocenters. The van der Waals surface area contributed by atoms with Crippen LogP contribution in [0.15, 0.2) is 29.1 Å². The molecule has 1 aromatic carbocycles. The normalized spacial score (nSPS) is 13.7. The Hall–Kier alpha value is -2.64. The predicted molar refractivity (Wildman–Crippen MR) is 130 cm³/mol. The zero-order chi connectivity index (χ0) is 25.3. The minimum atomic E-state index is -4.42. The van der Waals surface area contributed by atoms with Gasteiger partial charge in [-0.05, 0) is 18.1 Å². The molecule has 1 aromatic heterocycles. The predicted octanol–water partition coefficient (Wildman–Crippen LogP) is 6.19. The average Bonchev–Trinajstić information content (AvgIpc) is 2.82. The number of halogens is 3. The summed E-state index contributed by atoms with van der Waals surface area (Å²) in [4.78, 5) is 34.3. The van der Waals surface area contributed by atoms with E-state index in [4.69, 9.17) is 0 Å². The molecule has 1 aliphatic heterocycles. The number of fused-ring (bicyclic) bond motifs is 1. The minimum Gasteiger partial charge on any atom is -0.338 e. The highest BCUT2D eigenvalue weighted by Crippen LogP contribution is 2.30. The van der Waals surface area contributed by atoms with Crippen LogP contribution in [0.2, 0.25) is 0 Å². The van der Waals surface area contributed by atoms with Crippen molar-refractivity contribution in [2.24, 2.45) is 0 Å². The molecule has 0 saturated heterocycles. The number of alkyl halides is 3. The standard InChI is InChI=1S/C27H36F3N3O2/c1-2-3-4-5-6-7-8-9-10-14-25(34)33-16-15-23-22(19-33)26(35)32-24(31-23)18-20-12-11-13-21(17-20)27(28,29)30/h11-13,17H,2-10,14-16,18-19H2,1H3,(H,31,32,35). The summed E-state index contributed by atoms with van der Waals surface area (Å²) < 4.78 is 38.9. The van der Waals surface area contributed by atoms with E-state index in [0.717, 1.165) is 31.4 Å². The van der Waals surface area contributed by atoms with Crippen LogP contribution < -0.4 is 5.56 Å². The number of rotatable bonds is 12. The Morgan fingerprint density at radius 2 is 1.74 bits per heavy atom. The van der Waals surface area contributed by atoms with E-state index in [2.05, 4.69) is 16.9 Å². The summed E-state index contributed by atoms with van der Waals surface area (Å²) in [6, 6.07) is 5.03. The quantitative estimate of drug-likeness (QED) is 0.360. The Morgan fingerprint density at radius 1 is 1.06 bits per heavy atom. The van der Waals surface area contributed by atoms with Crippen molar-refractivity contribution in [3.05, 3.63) is 62.8 Å². The summed E-state index contributed by atoms with van der Waals surface area (Å²) in [6.07, 6.45) is 7.37. The van der Waals surface area contributed by atoms with E-state index in [-0.39, 0.29) is 24.4 Å². The van der Waals surface area contributed by atoms with Crippen molar-refractivity contribution in [1.29, 1.82) is 0 Å². The van der Waals surface area contributed by atoms with Gasteiger partial charge in [0.1, 0.15) is 5.82 Å². The second-order valence-electron chi connectivity index (χ2n) is 9.46. The van der Waals surface area contributed by atoms with Crippen LogP contribution in [0.1, 0.15) is 99.3 Å². The molecule has 0 unspecified atom stereocenters. The van der Waals surface area contributed by atoms with Crippen LogP contribution in [0.5, 0.6) is 0 Å². The summed E-state index contributed by atoms with van der Waals surface area (Å²) in [5.74, 6) is 0.397. The van der Waals surface area contributed by atoms with Gasteiger partial charge in [0.05, 0.1) is 23.4 Å². The number of hydrogen-bond acceptors (Lipinski definition) is 3. The Bertz CT molecular complexity index is 1030. The smallest absolute Gasteiger partial charge is 0.338 e. The molecule has 192 valence electrons. The topological polar surface area (TPSA) is 66.1 Å². The third kappa shape index (κ3) is 8.22. The number of aromatic nitrogens is 2. The molecule has 0 saturated carbocycles. The first kappa shape index (κ1) is 27.0. The number of carbonyl (C=O) groups excluding carboxylic acids is 1. The number of unbranched alkanes of at least 4 members (excludes halogenated alkanes) is 8. The van der Waals surface area contributed by atoms with E-state index in [1.165, 1.54) is 44.6 Å². The SMILES string of the molecule is CCCCCCCCCCCC(=O)N1CCc2nc(Cc3cccc(C(F)(F)F)c3)[nH]c(=O)c2C1. The first-order chi connectivity index (χ1) is 16.8. The van der Waals surface area contributed by atoms with Crippen LogP contribution >= 0.6 is 0 Å². The van der Waals surface area contributed by atoms with Gasteiger partial charge < -0.3 is 9.88 Å². The highest BCUT2D eigenvalue weighted by atomic mass is 19.4. The van der Waals surface area contributed by atoms with Gasteiger partial charge in [-0.1, -0.05) is 76.5 Å². The molecule has 2 heterocycles. The molecule has 1 aliphatic rings. The summed E-state index contributed by atoms with van der Waals surface area (Å²) in [5.41, 5.74) is 0.484. The monoisotopic (exact) mass is 491 g/mol. The van der Waals surface area contributed by atoms with Crippen LogP contribution in [0, 0.1) is 0 Å². The van der Waals surface area contributed by atoms with Gasteiger partial charge >= 0.3 is 6.18 Å². The fourth-order valence-corrected chi connectivity index (χ4v) is 4.57. The minimum absolute atomic E-state index is 0.0611. The zero-order valence-electron chi connectivity index (χ0n) is 20.6. The molecule has 1 amide bonds. The van der Waals surface area contributed by atoms with Gasteiger partial charge in [-0.25, -0.2) is 4.98 Å². The summed E-state index contributed by atoms with van der Waals surface area (Å²) >= 11 is 0. The summed E-state index contributed by atoms with van der Waals surface area (Å²) in [6.45, 7) is 2.95. The lowest BCUT2D eigenvalue weighted by atomic mass is 10.0. The maximum atomic E-state index is 13.0. The van der Waals surface area contributed by atoms with Crippen LogP contribution in [0.25, 0.3) is 0 Å². The van der Waals surface area contributed by atoms with Crippen molar-refractivity contribution in [3.63, 3.8) is 0 Å². The molecule has 8 heteroatoms. The van der Waals surface area contributed by atoms with Crippen LogP contribution in [0.3, 0.4) is 0 Å². The highest BCUT2D eigenvalue weighted by molar-refractivity contribution is 5.76. The zero-order valence-corrected chi connectivity index (χ0v) is 20.6. The van der Waals surface area contributed by atoms with Crippen molar-refractivity contribution in [2.45, 2.75) is 96.7 Å². The van der Waals surface area contributed by atoms with Gasteiger partial charge in [-0.3, -0.25) is 9.59 Å². The highest BCUT2D eigenvalue weighted by Gasteiger charge is 2.30. The Balaban J connectivity index is 1.49. The number of hydrogen-bond donors (Lipinski definition) is 1. The second-order valence-corrected chi connectivity index (χ2v) is 9.46. The van der Waals surface area contributed by atoms with Crippen LogP contribution in [-0.2, 0) is 30.4 Å². The van der Waals surface area contributed by atoms with Gasteiger partial charge in [0.15, 0.2) is 0 Å². The van der Waals surface area contributed by atoms with Crippen LogP contribution in [-0.4, -0.2) is 27.3 Å². The van der Waals surface area contributed by atoms with E-state index < -0.39 is 11.7 Å². The Morgan fingerprint density at radius 3 is 2.43 bits per heavy atom. The lowest BCUT2D eigenvalue weighted by Gasteiger charge is -2.28. The third-order valence-corrected chi connectivity index (χ3v) is 6.59. The van der Waals surface area contributed by atoms with Gasteiger partial charge in [0.25, 0.3) is 5.56 Å². The first-order valence-electron chi connectivity index (χ1n) is 12.8. The molecule has 0 aliphatic carbocycles. The van der Waals surface area contributed by atoms with E-state index in [0.29, 0.717) is 42.0 Å². The van der Waals surface area contributed by atoms with Crippen molar-refractivity contribution in [2.75, 3.05) is 6.54 Å². The fraction of sp³-hybridized carbons (Fsp3) is 0.593. The summed E-state index contributed by atoms with van der Waals surface area (Å²) in [7, 11) is 0. The molecule has 35 heavy (non-hydrogen) atoms. The van der Waals surface area contributed by atoms with Gasteiger partial charge in [-0.15, -0.1) is 0 Å². The lowest BCUT2D eigenvalue weighted by Crippen LogP contribution is -2.39. The van der Waals surface area contributed by atoms with Gasteiger partial charge in [0.2, 0.25) is 5.91 Å². The van der Waals surface area contributed by atoms with Crippen molar-refractivity contribution < 1.29 is 18.0 Å². The maximum Gasteiger partial charge on any atom is 0.416 e. The molecular formula is C27H36F3N3O2. The van der Waals surface area contributed by atoms with E-state index in [1.807, 2.05) is 0 Å². The number of aromatic amines is 1. The largest absolute Gasteiger partial charge is 0.416 e. The van der Waals surface area contributed by atoms with Crippen molar-refractivity contribution in [3.8, 4) is 0 Å². The number of nitrogens with zero attached hydrogens (tertiary/aromatic N) is 2. The van der Waals surface area contributed by atoms with Crippen molar-refractivity contribution in [1.82, 2.24) is 14.9 Å². The number of nitrogens with one attached hydrogen (secondary N) is 1. The second kappa shape index (κ2) is 12.9. The molecule has 0 radical (unpaired) electrons. The molecule has 5 nitrogen and oxygen atoms in total. The number of amides is 1. The van der Waals surface area contributed by atoms with E-state index >= 15 is 0 Å². The maximum absolute atomic E-state index is 13.0. The number of carbonyl (C=O) groups is 1. The molecule has 2 aromatic rings. The van der Waals surface area contributed by atoms with Crippen LogP contribution in [0.4, 0.5) is 13.2 Å². The summed E-state index contributed by atoms with van der Waals surface area (Å²) in [5, 5.41) is 0.